The number of hydrogen-bond acceptors (Lipinski definition) is 8. The number of nitrogens with zero attached hydrogens (tertiary/aromatic N) is 2. The van der Waals surface area contributed by atoms with E-state index < -0.39 is 5.97 Å². The van der Waals surface area contributed by atoms with Crippen LogP contribution in [0.15, 0.2) is 40.3 Å². The number of carbonyl (C=O) groups is 2. The van der Waals surface area contributed by atoms with Gasteiger partial charge in [0.05, 0.1) is 38.2 Å². The number of morpholine rings is 1. The fourth-order valence-electron chi connectivity index (χ4n) is 2.77. The van der Waals surface area contributed by atoms with Crippen molar-refractivity contribution in [1.82, 2.24) is 9.97 Å². The Labute approximate surface area is 171 Å². The molecule has 1 saturated heterocycles. The first-order valence-corrected chi connectivity index (χ1v) is 10.0. The molecule has 0 atom stereocenters. The highest BCUT2D eigenvalue weighted by Gasteiger charge is 2.12. The van der Waals surface area contributed by atoms with Crippen molar-refractivity contribution in [2.45, 2.75) is 11.6 Å². The normalized spacial score (nSPS) is 13.8. The molecule has 1 aromatic heterocycles. The van der Waals surface area contributed by atoms with E-state index in [0.717, 1.165) is 30.5 Å². The number of anilines is 2. The van der Waals surface area contributed by atoms with Gasteiger partial charge < -0.3 is 24.7 Å². The van der Waals surface area contributed by atoms with Crippen LogP contribution in [0.1, 0.15) is 5.69 Å². The van der Waals surface area contributed by atoms with Crippen molar-refractivity contribution in [2.24, 2.45) is 0 Å². The Hall–Kier alpha value is -2.85. The fraction of sp³-hybridized carbons (Fsp3) is 0.368. The lowest BCUT2D eigenvalue weighted by Crippen LogP contribution is -2.36. The van der Waals surface area contributed by atoms with Gasteiger partial charge in [0.15, 0.2) is 5.16 Å². The number of esters is 1. The number of nitrogens with one attached hydrogen (secondary N) is 2. The summed E-state index contributed by atoms with van der Waals surface area (Å²) in [5.74, 6) is -0.650. The first-order chi connectivity index (χ1) is 14.0. The van der Waals surface area contributed by atoms with Crippen LogP contribution in [0.2, 0.25) is 0 Å². The van der Waals surface area contributed by atoms with Gasteiger partial charge in [-0.15, -0.1) is 0 Å². The molecular formula is C19H22N4O5S. The number of aromatic amines is 1. The summed E-state index contributed by atoms with van der Waals surface area (Å²) in [6.45, 7) is 3.13. The van der Waals surface area contributed by atoms with Gasteiger partial charge >= 0.3 is 5.97 Å². The zero-order valence-electron chi connectivity index (χ0n) is 16.0. The molecule has 2 heterocycles. The average molecular weight is 418 g/mol. The van der Waals surface area contributed by atoms with Gasteiger partial charge in [0.2, 0.25) is 5.91 Å². The van der Waals surface area contributed by atoms with Crippen molar-refractivity contribution in [3.05, 3.63) is 46.4 Å². The van der Waals surface area contributed by atoms with Crippen LogP contribution < -0.4 is 15.8 Å². The second kappa shape index (κ2) is 10.1. The lowest BCUT2D eigenvalue weighted by Gasteiger charge is -2.28. The monoisotopic (exact) mass is 418 g/mol. The average Bonchev–Trinajstić information content (AvgIpc) is 2.73. The lowest BCUT2D eigenvalue weighted by atomic mass is 10.2. The van der Waals surface area contributed by atoms with E-state index in [9.17, 15) is 14.4 Å². The highest BCUT2D eigenvalue weighted by atomic mass is 32.2. The molecule has 1 aromatic carbocycles. The standard InChI is InChI=1S/C19H22N4O5S/c1-27-18(26)11-14-10-16(24)22-19(21-14)29-12-17(25)20-13-2-4-15(5-3-13)23-6-8-28-9-7-23/h2-5,10H,6-9,11-12H2,1H3,(H,20,25)(H,21,22,24). The highest BCUT2D eigenvalue weighted by Crippen LogP contribution is 2.19. The smallest absolute Gasteiger partial charge is 0.311 e. The molecule has 2 aromatic rings. The lowest BCUT2D eigenvalue weighted by molar-refractivity contribution is -0.139. The number of benzene rings is 1. The van der Waals surface area contributed by atoms with E-state index in [-0.39, 0.29) is 28.8 Å². The summed E-state index contributed by atoms with van der Waals surface area (Å²) in [4.78, 5) is 44.2. The summed E-state index contributed by atoms with van der Waals surface area (Å²) in [6.07, 6.45) is -0.102. The number of ether oxygens (including phenoxy) is 2. The molecule has 29 heavy (non-hydrogen) atoms. The second-order valence-electron chi connectivity index (χ2n) is 6.28. The van der Waals surface area contributed by atoms with Crippen molar-refractivity contribution in [3.63, 3.8) is 0 Å². The molecule has 1 aliphatic heterocycles. The van der Waals surface area contributed by atoms with Gasteiger partial charge in [-0.3, -0.25) is 14.4 Å². The number of H-pyrrole nitrogens is 1. The van der Waals surface area contributed by atoms with Crippen LogP contribution in [0.25, 0.3) is 0 Å². The Morgan fingerprint density at radius 3 is 2.69 bits per heavy atom. The van der Waals surface area contributed by atoms with Crippen molar-refractivity contribution in [2.75, 3.05) is 49.4 Å². The van der Waals surface area contributed by atoms with E-state index in [2.05, 4.69) is 24.9 Å². The third-order valence-corrected chi connectivity index (χ3v) is 5.07. The fourth-order valence-corrected chi connectivity index (χ4v) is 3.47. The highest BCUT2D eigenvalue weighted by molar-refractivity contribution is 7.99. The van der Waals surface area contributed by atoms with Gasteiger partial charge in [0.1, 0.15) is 0 Å². The van der Waals surface area contributed by atoms with E-state index in [4.69, 9.17) is 4.74 Å². The van der Waals surface area contributed by atoms with Crippen LogP contribution >= 0.6 is 11.8 Å². The molecule has 0 unspecified atom stereocenters. The van der Waals surface area contributed by atoms with Crippen LogP contribution in [0, 0.1) is 0 Å². The molecule has 0 radical (unpaired) electrons. The molecule has 0 spiro atoms. The number of amides is 1. The molecule has 154 valence electrons. The predicted molar refractivity (Wildman–Crippen MR) is 109 cm³/mol. The van der Waals surface area contributed by atoms with Crippen molar-refractivity contribution in [1.29, 1.82) is 0 Å². The third kappa shape index (κ3) is 6.33. The Morgan fingerprint density at radius 2 is 2.00 bits per heavy atom. The number of thioether (sulfide) groups is 1. The largest absolute Gasteiger partial charge is 0.469 e. The van der Waals surface area contributed by atoms with Gasteiger partial charge in [0.25, 0.3) is 5.56 Å². The van der Waals surface area contributed by atoms with Crippen LogP contribution in [-0.2, 0) is 25.5 Å². The number of methoxy groups -OCH3 is 1. The van der Waals surface area contributed by atoms with E-state index in [1.54, 1.807) is 0 Å². The maximum absolute atomic E-state index is 12.2. The van der Waals surface area contributed by atoms with Crippen molar-refractivity contribution >= 4 is 35.0 Å². The minimum absolute atomic E-state index is 0.0653. The summed E-state index contributed by atoms with van der Waals surface area (Å²) < 4.78 is 9.92. The van der Waals surface area contributed by atoms with Gasteiger partial charge in [-0.1, -0.05) is 11.8 Å². The number of rotatable bonds is 7. The molecule has 0 saturated carbocycles. The number of aromatic nitrogens is 2. The molecule has 1 amide bonds. The molecule has 2 N–H and O–H groups in total. The SMILES string of the molecule is COC(=O)Cc1cc(=O)[nH]c(SCC(=O)Nc2ccc(N3CCOCC3)cc2)n1. The molecule has 1 fully saturated rings. The third-order valence-electron chi connectivity index (χ3n) is 4.19. The Kier molecular flexibility index (Phi) is 7.25. The second-order valence-corrected chi connectivity index (χ2v) is 7.24. The summed E-state index contributed by atoms with van der Waals surface area (Å²) in [7, 11) is 1.27. The van der Waals surface area contributed by atoms with Gasteiger partial charge in [-0.2, -0.15) is 0 Å². The van der Waals surface area contributed by atoms with Crippen LogP contribution in [-0.4, -0.2) is 61.0 Å². The minimum atomic E-state index is -0.489. The first-order valence-electron chi connectivity index (χ1n) is 9.06. The van der Waals surface area contributed by atoms with E-state index in [1.807, 2.05) is 24.3 Å². The summed E-state index contributed by atoms with van der Waals surface area (Å²) in [5, 5.41) is 3.09. The Morgan fingerprint density at radius 1 is 1.28 bits per heavy atom. The molecule has 1 aliphatic rings. The van der Waals surface area contributed by atoms with Crippen molar-refractivity contribution < 1.29 is 19.1 Å². The number of hydrogen-bond donors (Lipinski definition) is 2. The van der Waals surface area contributed by atoms with Gasteiger partial charge in [-0.25, -0.2) is 4.98 Å². The molecular weight excluding hydrogens is 396 g/mol. The maximum Gasteiger partial charge on any atom is 0.311 e. The van der Waals surface area contributed by atoms with Gasteiger partial charge in [-0.05, 0) is 24.3 Å². The molecule has 3 rings (SSSR count). The van der Waals surface area contributed by atoms with Crippen LogP contribution in [0.3, 0.4) is 0 Å². The van der Waals surface area contributed by atoms with E-state index >= 15 is 0 Å². The maximum atomic E-state index is 12.2. The summed E-state index contributed by atoms with van der Waals surface area (Å²) in [6, 6.07) is 8.86. The Balaban J connectivity index is 1.53. The molecule has 0 bridgehead atoms. The minimum Gasteiger partial charge on any atom is -0.469 e. The van der Waals surface area contributed by atoms with E-state index in [1.165, 1.54) is 13.2 Å². The summed E-state index contributed by atoms with van der Waals surface area (Å²) >= 11 is 1.08. The topological polar surface area (TPSA) is 114 Å². The van der Waals surface area contributed by atoms with Crippen LogP contribution in [0.4, 0.5) is 11.4 Å². The first kappa shape index (κ1) is 20.9. The van der Waals surface area contributed by atoms with Crippen LogP contribution in [0.5, 0.6) is 0 Å². The van der Waals surface area contributed by atoms with Gasteiger partial charge in [0, 0.05) is 30.5 Å². The molecule has 9 nitrogen and oxygen atoms in total. The van der Waals surface area contributed by atoms with Crippen molar-refractivity contribution in [3.8, 4) is 0 Å². The zero-order valence-corrected chi connectivity index (χ0v) is 16.8. The quantitative estimate of drug-likeness (QED) is 0.390. The predicted octanol–water partition coefficient (Wildman–Crippen LogP) is 1.05. The van der Waals surface area contributed by atoms with E-state index in [0.29, 0.717) is 24.6 Å². The number of carbonyl (C=O) groups excluding carboxylic acids is 2. The molecule has 0 aliphatic carbocycles. The summed E-state index contributed by atoms with van der Waals surface area (Å²) in [5.41, 5.74) is 1.68. The Bertz CT molecular complexity index is 910. The zero-order chi connectivity index (χ0) is 20.6. The molecule has 10 heteroatoms.